The van der Waals surface area contributed by atoms with E-state index in [2.05, 4.69) is 11.3 Å². The zero-order valence-electron chi connectivity index (χ0n) is 12.3. The van der Waals surface area contributed by atoms with E-state index in [1.807, 2.05) is 26.0 Å². The van der Waals surface area contributed by atoms with Crippen LogP contribution in [0.4, 0.5) is 0 Å². The van der Waals surface area contributed by atoms with Crippen molar-refractivity contribution in [2.45, 2.75) is 19.4 Å². The van der Waals surface area contributed by atoms with E-state index in [4.69, 9.17) is 9.47 Å². The van der Waals surface area contributed by atoms with Gasteiger partial charge in [-0.15, -0.1) is 0 Å². The molecule has 0 aliphatic carbocycles. The summed E-state index contributed by atoms with van der Waals surface area (Å²) in [6, 6.07) is 5.39. The molecule has 0 N–H and O–H groups in total. The third-order valence-electron chi connectivity index (χ3n) is 2.68. The fraction of sp³-hybridized carbons (Fsp3) is 0.312. The summed E-state index contributed by atoms with van der Waals surface area (Å²) in [7, 11) is 2.89. The quantitative estimate of drug-likeness (QED) is 0.454. The van der Waals surface area contributed by atoms with Crippen molar-refractivity contribution >= 4 is 12.0 Å². The summed E-state index contributed by atoms with van der Waals surface area (Å²) in [5.74, 6) is 0.865. The lowest BCUT2D eigenvalue weighted by atomic mass is 10.1. The molecule has 4 heteroatoms. The average Bonchev–Trinajstić information content (AvgIpc) is 2.44. The molecular weight excluding hydrogens is 256 g/mol. The van der Waals surface area contributed by atoms with E-state index in [1.54, 1.807) is 25.3 Å². The predicted octanol–water partition coefficient (Wildman–Crippen LogP) is 3.22. The number of rotatable bonds is 6. The molecule has 0 bridgehead atoms. The zero-order chi connectivity index (χ0) is 15.2. The highest BCUT2D eigenvalue weighted by molar-refractivity contribution is 5.87. The third-order valence-corrected chi connectivity index (χ3v) is 2.68. The molecule has 0 fully saturated rings. The maximum atomic E-state index is 11.1. The van der Waals surface area contributed by atoms with Crippen LogP contribution in [-0.4, -0.2) is 25.8 Å². The van der Waals surface area contributed by atoms with Gasteiger partial charge in [-0.2, -0.15) is 0 Å². The fourth-order valence-electron chi connectivity index (χ4n) is 1.46. The number of ether oxygens (including phenoxy) is 3. The van der Waals surface area contributed by atoms with Crippen molar-refractivity contribution in [3.8, 4) is 11.5 Å². The number of carbonyl (C=O) groups excluding carboxylic acids is 1. The van der Waals surface area contributed by atoms with E-state index in [9.17, 15) is 4.79 Å². The molecular formula is C16H20O4. The minimum Gasteiger partial charge on any atom is -0.496 e. The lowest BCUT2D eigenvalue weighted by Crippen LogP contribution is -2.24. The average molecular weight is 276 g/mol. The van der Waals surface area contributed by atoms with Gasteiger partial charge in [-0.1, -0.05) is 6.58 Å². The molecule has 0 saturated heterocycles. The van der Waals surface area contributed by atoms with Gasteiger partial charge < -0.3 is 14.2 Å². The standard InChI is InChI=1S/C16H20O4/c1-6-16(2,3)20-13-9-7-12(14(11-13)18-4)8-10-15(17)19-5/h6-11H,1H2,2-5H3/b10-8+. The summed E-state index contributed by atoms with van der Waals surface area (Å²) >= 11 is 0. The van der Waals surface area contributed by atoms with Crippen molar-refractivity contribution in [1.82, 2.24) is 0 Å². The Kier molecular flexibility index (Phi) is 5.38. The summed E-state index contributed by atoms with van der Waals surface area (Å²) in [4.78, 5) is 11.1. The summed E-state index contributed by atoms with van der Waals surface area (Å²) < 4.78 is 15.6. The Balaban J connectivity index is 2.99. The van der Waals surface area contributed by atoms with E-state index in [0.717, 1.165) is 5.56 Å². The molecule has 0 saturated carbocycles. The van der Waals surface area contributed by atoms with Gasteiger partial charge in [-0.3, -0.25) is 0 Å². The molecule has 0 atom stereocenters. The van der Waals surface area contributed by atoms with Crippen LogP contribution in [0.25, 0.3) is 6.08 Å². The SMILES string of the molecule is C=CC(C)(C)Oc1ccc(/C=C/C(=O)OC)c(OC)c1. The first kappa shape index (κ1) is 15.8. The second-order valence-corrected chi connectivity index (χ2v) is 4.67. The van der Waals surface area contributed by atoms with Crippen LogP contribution >= 0.6 is 0 Å². The van der Waals surface area contributed by atoms with Gasteiger partial charge in [0.15, 0.2) is 0 Å². The molecule has 1 aromatic rings. The van der Waals surface area contributed by atoms with E-state index in [-0.39, 0.29) is 0 Å². The maximum absolute atomic E-state index is 11.1. The predicted molar refractivity (Wildman–Crippen MR) is 78.9 cm³/mol. The Morgan fingerprint density at radius 1 is 1.30 bits per heavy atom. The van der Waals surface area contributed by atoms with Crippen molar-refractivity contribution in [3.05, 3.63) is 42.5 Å². The fourth-order valence-corrected chi connectivity index (χ4v) is 1.46. The highest BCUT2D eigenvalue weighted by Crippen LogP contribution is 2.28. The largest absolute Gasteiger partial charge is 0.496 e. The van der Waals surface area contributed by atoms with Crippen molar-refractivity contribution in [2.75, 3.05) is 14.2 Å². The van der Waals surface area contributed by atoms with Crippen LogP contribution in [0.1, 0.15) is 19.4 Å². The Hall–Kier alpha value is -2.23. The van der Waals surface area contributed by atoms with Gasteiger partial charge in [0, 0.05) is 17.7 Å². The molecule has 0 unspecified atom stereocenters. The van der Waals surface area contributed by atoms with Crippen molar-refractivity contribution in [1.29, 1.82) is 0 Å². The first-order valence-corrected chi connectivity index (χ1v) is 6.18. The van der Waals surface area contributed by atoms with Gasteiger partial charge in [0.2, 0.25) is 0 Å². The second-order valence-electron chi connectivity index (χ2n) is 4.67. The zero-order valence-corrected chi connectivity index (χ0v) is 12.3. The van der Waals surface area contributed by atoms with E-state index >= 15 is 0 Å². The minimum absolute atomic E-state index is 0.417. The molecule has 4 nitrogen and oxygen atoms in total. The monoisotopic (exact) mass is 276 g/mol. The molecule has 1 aromatic carbocycles. The number of carbonyl (C=O) groups is 1. The van der Waals surface area contributed by atoms with E-state index in [1.165, 1.54) is 13.2 Å². The summed E-state index contributed by atoms with van der Waals surface area (Å²) in [6.45, 7) is 7.56. The summed E-state index contributed by atoms with van der Waals surface area (Å²) in [5, 5.41) is 0. The van der Waals surface area contributed by atoms with Gasteiger partial charge in [-0.25, -0.2) is 4.79 Å². The molecule has 0 aliphatic rings. The Morgan fingerprint density at radius 3 is 2.55 bits per heavy atom. The molecule has 0 aromatic heterocycles. The van der Waals surface area contributed by atoms with Crippen LogP contribution in [0.3, 0.4) is 0 Å². The van der Waals surface area contributed by atoms with Crippen LogP contribution in [0, 0.1) is 0 Å². The number of esters is 1. The lowest BCUT2D eigenvalue weighted by molar-refractivity contribution is -0.134. The van der Waals surface area contributed by atoms with Crippen LogP contribution in [-0.2, 0) is 9.53 Å². The number of benzene rings is 1. The lowest BCUT2D eigenvalue weighted by Gasteiger charge is -2.22. The van der Waals surface area contributed by atoms with Gasteiger partial charge in [0.1, 0.15) is 17.1 Å². The topological polar surface area (TPSA) is 44.8 Å². The smallest absolute Gasteiger partial charge is 0.330 e. The normalized spacial score (nSPS) is 11.2. The molecule has 0 heterocycles. The summed E-state index contributed by atoms with van der Waals surface area (Å²) in [6.07, 6.45) is 4.70. The minimum atomic E-state index is -0.464. The molecule has 0 spiro atoms. The Morgan fingerprint density at radius 2 is 2.00 bits per heavy atom. The van der Waals surface area contributed by atoms with Gasteiger partial charge in [0.25, 0.3) is 0 Å². The van der Waals surface area contributed by atoms with Gasteiger partial charge >= 0.3 is 5.97 Å². The van der Waals surface area contributed by atoms with Crippen LogP contribution in [0.2, 0.25) is 0 Å². The highest BCUT2D eigenvalue weighted by atomic mass is 16.5. The maximum Gasteiger partial charge on any atom is 0.330 e. The first-order chi connectivity index (χ1) is 9.41. The molecule has 0 radical (unpaired) electrons. The van der Waals surface area contributed by atoms with E-state index < -0.39 is 11.6 Å². The summed E-state index contributed by atoms with van der Waals surface area (Å²) in [5.41, 5.74) is 0.302. The first-order valence-electron chi connectivity index (χ1n) is 6.18. The third kappa shape index (κ3) is 4.46. The molecule has 108 valence electrons. The Labute approximate surface area is 119 Å². The molecule has 0 aliphatic heterocycles. The Bertz CT molecular complexity index is 515. The van der Waals surface area contributed by atoms with E-state index in [0.29, 0.717) is 11.5 Å². The van der Waals surface area contributed by atoms with Gasteiger partial charge in [-0.05, 0) is 38.1 Å². The van der Waals surface area contributed by atoms with Gasteiger partial charge in [0.05, 0.1) is 14.2 Å². The second kappa shape index (κ2) is 6.80. The number of hydrogen-bond donors (Lipinski definition) is 0. The molecule has 20 heavy (non-hydrogen) atoms. The van der Waals surface area contributed by atoms with Crippen molar-refractivity contribution in [2.24, 2.45) is 0 Å². The molecule has 1 rings (SSSR count). The number of hydrogen-bond acceptors (Lipinski definition) is 4. The van der Waals surface area contributed by atoms with Crippen LogP contribution < -0.4 is 9.47 Å². The van der Waals surface area contributed by atoms with Crippen LogP contribution in [0.5, 0.6) is 11.5 Å². The number of methoxy groups -OCH3 is 2. The van der Waals surface area contributed by atoms with Crippen LogP contribution in [0.15, 0.2) is 36.9 Å². The highest BCUT2D eigenvalue weighted by Gasteiger charge is 2.15. The van der Waals surface area contributed by atoms with Crippen molar-refractivity contribution in [3.63, 3.8) is 0 Å². The van der Waals surface area contributed by atoms with Crippen molar-refractivity contribution < 1.29 is 19.0 Å². The molecule has 0 amide bonds.